The number of carboxylic acid groups (broad SMARTS) is 1. The molecule has 0 bridgehead atoms. The van der Waals surface area contributed by atoms with Crippen LogP contribution in [0.4, 0.5) is 8.78 Å². The third kappa shape index (κ3) is 3.39. The molecule has 0 atom stereocenters. The molecule has 9 heteroatoms. The van der Waals surface area contributed by atoms with Crippen molar-refractivity contribution in [3.63, 3.8) is 0 Å². The minimum atomic E-state index is -1.45. The van der Waals surface area contributed by atoms with Crippen molar-refractivity contribution in [3.8, 4) is 17.3 Å². The first-order valence-electron chi connectivity index (χ1n) is 8.19. The van der Waals surface area contributed by atoms with Gasteiger partial charge in [0, 0.05) is 0 Å². The number of ether oxygens (including phenoxy) is 1. The van der Waals surface area contributed by atoms with Crippen LogP contribution in [0, 0.1) is 11.6 Å². The summed E-state index contributed by atoms with van der Waals surface area (Å²) in [5, 5.41) is 14.1. The lowest BCUT2D eigenvalue weighted by Gasteiger charge is -2.08. The first-order valence-corrected chi connectivity index (χ1v) is 8.94. The number of carbonyl (C=O) groups is 1. The van der Waals surface area contributed by atoms with Gasteiger partial charge in [-0.05, 0) is 36.4 Å². The quantitative estimate of drug-likeness (QED) is 0.421. The molecule has 0 unspecified atom stereocenters. The lowest BCUT2D eigenvalue weighted by atomic mass is 10.2. The number of nitrogens with zero attached hydrogens (tertiary/aromatic N) is 2. The highest BCUT2D eigenvalue weighted by molar-refractivity contribution is 6.37. The van der Waals surface area contributed by atoms with Crippen LogP contribution in [0.25, 0.3) is 16.6 Å². The Labute approximate surface area is 172 Å². The maximum absolute atomic E-state index is 14.6. The Bertz CT molecular complexity index is 1230. The molecule has 4 aromatic rings. The topological polar surface area (TPSA) is 64.3 Å². The molecule has 0 radical (unpaired) electrons. The molecule has 4 rings (SSSR count). The Morgan fingerprint density at radius 2 is 1.62 bits per heavy atom. The Kier molecular flexibility index (Phi) is 4.86. The second kappa shape index (κ2) is 7.35. The van der Waals surface area contributed by atoms with E-state index in [1.54, 1.807) is 42.5 Å². The van der Waals surface area contributed by atoms with Crippen LogP contribution >= 0.6 is 23.2 Å². The van der Waals surface area contributed by atoms with Gasteiger partial charge in [0.15, 0.2) is 17.4 Å². The number of benzene rings is 3. The van der Waals surface area contributed by atoms with E-state index in [2.05, 4.69) is 5.10 Å². The van der Waals surface area contributed by atoms with Crippen LogP contribution in [0.2, 0.25) is 10.0 Å². The van der Waals surface area contributed by atoms with Gasteiger partial charge in [0.2, 0.25) is 5.88 Å². The molecule has 1 heterocycles. The molecule has 0 fully saturated rings. The van der Waals surface area contributed by atoms with Crippen molar-refractivity contribution >= 4 is 40.1 Å². The predicted octanol–water partition coefficient (Wildman–Crippen LogP) is 6.10. The predicted molar refractivity (Wildman–Crippen MR) is 104 cm³/mol. The first kappa shape index (κ1) is 19.2. The van der Waals surface area contributed by atoms with Crippen molar-refractivity contribution in [1.29, 1.82) is 0 Å². The van der Waals surface area contributed by atoms with E-state index < -0.39 is 28.9 Å². The third-order valence-corrected chi connectivity index (χ3v) is 4.74. The molecule has 1 N–H and O–H groups in total. The summed E-state index contributed by atoms with van der Waals surface area (Å²) in [5.74, 6) is -3.45. The van der Waals surface area contributed by atoms with Gasteiger partial charge in [-0.1, -0.05) is 41.4 Å². The second-order valence-corrected chi connectivity index (χ2v) is 6.80. The molecule has 0 spiro atoms. The molecule has 5 nitrogen and oxygen atoms in total. The maximum Gasteiger partial charge on any atom is 0.335 e. The van der Waals surface area contributed by atoms with Gasteiger partial charge in [0.25, 0.3) is 0 Å². The molecular weight excluding hydrogens is 425 g/mol. The highest BCUT2D eigenvalue weighted by atomic mass is 35.5. The average molecular weight is 435 g/mol. The Morgan fingerprint density at radius 3 is 2.24 bits per heavy atom. The normalized spacial score (nSPS) is 11.0. The number of halogens is 4. The number of hydrogen-bond acceptors (Lipinski definition) is 3. The van der Waals surface area contributed by atoms with Crippen molar-refractivity contribution < 1.29 is 23.4 Å². The van der Waals surface area contributed by atoms with Crippen LogP contribution in [0.3, 0.4) is 0 Å². The summed E-state index contributed by atoms with van der Waals surface area (Å²) in [6, 6.07) is 12.9. The number of rotatable bonds is 4. The van der Waals surface area contributed by atoms with Crippen LogP contribution < -0.4 is 4.74 Å². The summed E-state index contributed by atoms with van der Waals surface area (Å²) >= 11 is 12.3. The fourth-order valence-electron chi connectivity index (χ4n) is 2.85. The van der Waals surface area contributed by atoms with Crippen molar-refractivity contribution in [1.82, 2.24) is 9.78 Å². The van der Waals surface area contributed by atoms with Gasteiger partial charge >= 0.3 is 5.97 Å². The highest BCUT2D eigenvalue weighted by Crippen LogP contribution is 2.39. The Balaban J connectivity index is 1.91. The van der Waals surface area contributed by atoms with Gasteiger partial charge in [0.05, 0.1) is 26.5 Å². The molecular formula is C20H10Cl2F2N2O3. The van der Waals surface area contributed by atoms with Crippen LogP contribution in [0.1, 0.15) is 10.4 Å². The highest BCUT2D eigenvalue weighted by Gasteiger charge is 2.22. The largest absolute Gasteiger partial charge is 0.478 e. The molecule has 0 aliphatic carbocycles. The monoisotopic (exact) mass is 434 g/mol. The molecule has 0 aliphatic rings. The van der Waals surface area contributed by atoms with Crippen LogP contribution in [0.15, 0.2) is 54.6 Å². The third-order valence-electron chi connectivity index (χ3n) is 4.15. The second-order valence-electron chi connectivity index (χ2n) is 5.98. The summed E-state index contributed by atoms with van der Waals surface area (Å²) < 4.78 is 36.0. The lowest BCUT2D eigenvalue weighted by molar-refractivity contribution is 0.0695. The lowest BCUT2D eigenvalue weighted by Crippen LogP contribution is -2.07. The van der Waals surface area contributed by atoms with Gasteiger partial charge in [-0.3, -0.25) is 0 Å². The number of fused-ring (bicyclic) bond motifs is 1. The molecule has 0 saturated carbocycles. The molecule has 0 saturated heterocycles. The van der Waals surface area contributed by atoms with Gasteiger partial charge in [-0.2, -0.15) is 0 Å². The van der Waals surface area contributed by atoms with Crippen LogP contribution in [0.5, 0.6) is 11.6 Å². The van der Waals surface area contributed by atoms with Crippen molar-refractivity contribution in [2.45, 2.75) is 0 Å². The molecule has 1 aromatic heterocycles. The first-order chi connectivity index (χ1) is 13.9. The Morgan fingerprint density at radius 1 is 1.00 bits per heavy atom. The summed E-state index contributed by atoms with van der Waals surface area (Å²) in [5.41, 5.74) is -0.711. The SMILES string of the molecule is O=C(O)c1cc(F)c(-n2nc(Oc3c(Cl)cccc3Cl)c3ccccc32)c(F)c1. The number of aromatic nitrogens is 2. The number of para-hydroxylation sites is 2. The number of aromatic carboxylic acids is 1. The van der Waals surface area contributed by atoms with Gasteiger partial charge in [-0.15, -0.1) is 5.10 Å². The zero-order valence-corrected chi connectivity index (χ0v) is 15.9. The van der Waals surface area contributed by atoms with E-state index in [9.17, 15) is 13.6 Å². The van der Waals surface area contributed by atoms with E-state index in [1.807, 2.05) is 0 Å². The van der Waals surface area contributed by atoms with Crippen LogP contribution in [-0.4, -0.2) is 20.9 Å². The van der Waals surface area contributed by atoms with Gasteiger partial charge < -0.3 is 9.84 Å². The van der Waals surface area contributed by atoms with Gasteiger partial charge in [-0.25, -0.2) is 18.3 Å². The average Bonchev–Trinajstić information content (AvgIpc) is 3.03. The Hall–Kier alpha value is -3.16. The van der Waals surface area contributed by atoms with Crippen molar-refractivity contribution in [3.05, 3.63) is 81.8 Å². The molecule has 0 aliphatic heterocycles. The summed E-state index contributed by atoms with van der Waals surface area (Å²) in [6.45, 7) is 0. The number of carboxylic acids is 1. The molecule has 3 aromatic carbocycles. The fraction of sp³-hybridized carbons (Fsp3) is 0. The van der Waals surface area contributed by atoms with Crippen molar-refractivity contribution in [2.75, 3.05) is 0 Å². The number of hydrogen-bond donors (Lipinski definition) is 1. The minimum absolute atomic E-state index is 0.0247. The standard InChI is InChI=1S/C20H10Cl2F2N2O3/c21-12-5-3-6-13(22)18(12)29-19-11-4-1-2-7-16(11)26(25-19)17-14(23)8-10(20(27)28)9-15(17)24/h1-9H,(H,27,28). The molecule has 146 valence electrons. The van der Waals surface area contributed by atoms with E-state index in [0.717, 1.165) is 16.8 Å². The van der Waals surface area contributed by atoms with Crippen LogP contribution in [-0.2, 0) is 0 Å². The summed E-state index contributed by atoms with van der Waals surface area (Å²) in [4.78, 5) is 11.0. The van der Waals surface area contributed by atoms with E-state index >= 15 is 0 Å². The summed E-state index contributed by atoms with van der Waals surface area (Å²) in [6.07, 6.45) is 0. The van der Waals surface area contributed by atoms with Gasteiger partial charge in [0.1, 0.15) is 5.69 Å². The summed E-state index contributed by atoms with van der Waals surface area (Å²) in [7, 11) is 0. The molecule has 29 heavy (non-hydrogen) atoms. The zero-order valence-electron chi connectivity index (χ0n) is 14.4. The maximum atomic E-state index is 14.6. The molecule has 0 amide bonds. The fourth-order valence-corrected chi connectivity index (χ4v) is 3.33. The van der Waals surface area contributed by atoms with Crippen molar-refractivity contribution in [2.24, 2.45) is 0 Å². The minimum Gasteiger partial charge on any atom is -0.478 e. The zero-order chi connectivity index (χ0) is 20.7. The van der Waals surface area contributed by atoms with E-state index in [0.29, 0.717) is 10.9 Å². The van der Waals surface area contributed by atoms with E-state index in [-0.39, 0.29) is 21.7 Å². The van der Waals surface area contributed by atoms with E-state index in [4.69, 9.17) is 33.0 Å². The van der Waals surface area contributed by atoms with E-state index in [1.165, 1.54) is 0 Å². The smallest absolute Gasteiger partial charge is 0.335 e.